The molecule has 2 rings (SSSR count). The molecular formula is C10H11NO5. The van der Waals surface area contributed by atoms with Gasteiger partial charge < -0.3 is 24.2 Å². The highest BCUT2D eigenvalue weighted by atomic mass is 16.7. The van der Waals surface area contributed by atoms with Crippen molar-refractivity contribution in [3.8, 4) is 23.0 Å². The van der Waals surface area contributed by atoms with Crippen LogP contribution in [0.5, 0.6) is 23.0 Å². The summed E-state index contributed by atoms with van der Waals surface area (Å²) in [6, 6.07) is 1.64. The van der Waals surface area contributed by atoms with E-state index in [1.54, 1.807) is 6.07 Å². The molecule has 0 saturated carbocycles. The van der Waals surface area contributed by atoms with Gasteiger partial charge in [-0.3, -0.25) is 0 Å². The zero-order chi connectivity index (χ0) is 11.5. The van der Waals surface area contributed by atoms with Crippen molar-refractivity contribution in [1.29, 1.82) is 0 Å². The number of benzene rings is 1. The van der Waals surface area contributed by atoms with Gasteiger partial charge in [0.15, 0.2) is 11.5 Å². The average Bonchev–Trinajstić information content (AvgIpc) is 2.77. The van der Waals surface area contributed by atoms with Crippen molar-refractivity contribution in [3.05, 3.63) is 11.6 Å². The molecule has 0 unspecified atom stereocenters. The first-order valence-corrected chi connectivity index (χ1v) is 4.53. The second-order valence-corrected chi connectivity index (χ2v) is 3.01. The lowest BCUT2D eigenvalue weighted by molar-refractivity contribution is 0.168. The van der Waals surface area contributed by atoms with Crippen LogP contribution in [0.15, 0.2) is 11.2 Å². The second kappa shape index (κ2) is 4.18. The predicted octanol–water partition coefficient (Wildman–Crippen LogP) is 1.24. The third-order valence-corrected chi connectivity index (χ3v) is 2.21. The van der Waals surface area contributed by atoms with E-state index in [0.29, 0.717) is 28.6 Å². The highest BCUT2D eigenvalue weighted by molar-refractivity contribution is 5.87. The standard InChI is InChI=1S/C10H11NO5/c1-13-7-3-6(4-11-12)8(14-2)10-9(7)15-5-16-10/h3-4,12H,5H2,1-2H3/b11-4+. The lowest BCUT2D eigenvalue weighted by Crippen LogP contribution is -1.95. The Morgan fingerprint density at radius 3 is 2.69 bits per heavy atom. The van der Waals surface area contributed by atoms with Crippen LogP contribution in [0.25, 0.3) is 0 Å². The minimum Gasteiger partial charge on any atom is -0.493 e. The van der Waals surface area contributed by atoms with Gasteiger partial charge in [0.25, 0.3) is 0 Å². The van der Waals surface area contributed by atoms with Gasteiger partial charge in [-0.1, -0.05) is 5.16 Å². The summed E-state index contributed by atoms with van der Waals surface area (Å²) >= 11 is 0. The summed E-state index contributed by atoms with van der Waals surface area (Å²) in [7, 11) is 3.02. The molecule has 6 heteroatoms. The van der Waals surface area contributed by atoms with Gasteiger partial charge in [0, 0.05) is 5.56 Å². The van der Waals surface area contributed by atoms with Gasteiger partial charge in [-0.25, -0.2) is 0 Å². The number of ether oxygens (including phenoxy) is 4. The quantitative estimate of drug-likeness (QED) is 0.476. The summed E-state index contributed by atoms with van der Waals surface area (Å²) in [4.78, 5) is 0. The topological polar surface area (TPSA) is 69.5 Å². The first-order chi connectivity index (χ1) is 7.81. The van der Waals surface area contributed by atoms with Crippen molar-refractivity contribution >= 4 is 6.21 Å². The fraction of sp³-hybridized carbons (Fsp3) is 0.300. The SMILES string of the molecule is COc1cc(/C=N/O)c(OC)c2c1OCO2. The number of oxime groups is 1. The molecule has 0 spiro atoms. The molecule has 1 aromatic carbocycles. The molecule has 0 atom stereocenters. The van der Waals surface area contributed by atoms with Crippen molar-refractivity contribution in [1.82, 2.24) is 0 Å². The van der Waals surface area contributed by atoms with E-state index in [1.807, 2.05) is 0 Å². The maximum atomic E-state index is 8.55. The van der Waals surface area contributed by atoms with E-state index in [2.05, 4.69) is 5.16 Å². The van der Waals surface area contributed by atoms with E-state index in [-0.39, 0.29) is 6.79 Å². The van der Waals surface area contributed by atoms with Gasteiger partial charge in [0.2, 0.25) is 18.3 Å². The van der Waals surface area contributed by atoms with E-state index >= 15 is 0 Å². The molecule has 1 aromatic rings. The highest BCUT2D eigenvalue weighted by Crippen LogP contribution is 2.48. The number of nitrogens with zero attached hydrogens (tertiary/aromatic N) is 1. The molecular weight excluding hydrogens is 214 g/mol. The molecule has 86 valence electrons. The molecule has 0 amide bonds. The van der Waals surface area contributed by atoms with Gasteiger partial charge in [0.1, 0.15) is 0 Å². The Labute approximate surface area is 92.0 Å². The molecule has 1 N–H and O–H groups in total. The Bertz CT molecular complexity index is 430. The van der Waals surface area contributed by atoms with E-state index < -0.39 is 0 Å². The van der Waals surface area contributed by atoms with E-state index in [4.69, 9.17) is 24.2 Å². The summed E-state index contributed by atoms with van der Waals surface area (Å²) in [5.74, 6) is 1.90. The molecule has 16 heavy (non-hydrogen) atoms. The maximum absolute atomic E-state index is 8.55. The van der Waals surface area contributed by atoms with Crippen LogP contribution in [0.3, 0.4) is 0 Å². The van der Waals surface area contributed by atoms with Crippen molar-refractivity contribution in [2.75, 3.05) is 21.0 Å². The van der Waals surface area contributed by atoms with Crippen LogP contribution in [0.4, 0.5) is 0 Å². The van der Waals surface area contributed by atoms with Crippen molar-refractivity contribution in [2.24, 2.45) is 5.16 Å². The molecule has 0 fully saturated rings. The number of rotatable bonds is 3. The van der Waals surface area contributed by atoms with E-state index in [0.717, 1.165) is 0 Å². The number of hydrogen-bond acceptors (Lipinski definition) is 6. The molecule has 1 aliphatic rings. The largest absolute Gasteiger partial charge is 0.493 e. The minimum absolute atomic E-state index is 0.113. The fourth-order valence-electron chi connectivity index (χ4n) is 1.55. The van der Waals surface area contributed by atoms with E-state index in [1.165, 1.54) is 20.4 Å². The smallest absolute Gasteiger partial charge is 0.231 e. The number of fused-ring (bicyclic) bond motifs is 1. The van der Waals surface area contributed by atoms with E-state index in [9.17, 15) is 0 Å². The Balaban J connectivity index is 2.62. The first kappa shape index (κ1) is 10.4. The zero-order valence-electron chi connectivity index (χ0n) is 8.89. The van der Waals surface area contributed by atoms with Crippen molar-refractivity contribution in [2.45, 2.75) is 0 Å². The van der Waals surface area contributed by atoms with Gasteiger partial charge in [-0.05, 0) is 6.07 Å². The molecule has 1 aliphatic heterocycles. The Morgan fingerprint density at radius 1 is 1.31 bits per heavy atom. The lowest BCUT2D eigenvalue weighted by Gasteiger charge is -2.10. The van der Waals surface area contributed by atoms with Gasteiger partial charge >= 0.3 is 0 Å². The first-order valence-electron chi connectivity index (χ1n) is 4.53. The van der Waals surface area contributed by atoms with Crippen LogP contribution in [0.1, 0.15) is 5.56 Å². The van der Waals surface area contributed by atoms with Crippen LogP contribution in [0, 0.1) is 0 Å². The number of methoxy groups -OCH3 is 2. The number of hydrogen-bond donors (Lipinski definition) is 1. The molecule has 0 aromatic heterocycles. The lowest BCUT2D eigenvalue weighted by atomic mass is 10.1. The minimum atomic E-state index is 0.113. The van der Waals surface area contributed by atoms with Gasteiger partial charge in [-0.2, -0.15) is 0 Å². The zero-order valence-corrected chi connectivity index (χ0v) is 8.89. The normalized spacial score (nSPS) is 13.1. The van der Waals surface area contributed by atoms with Crippen molar-refractivity contribution < 1.29 is 24.2 Å². The van der Waals surface area contributed by atoms with Crippen LogP contribution in [0.2, 0.25) is 0 Å². The predicted molar refractivity (Wildman–Crippen MR) is 55.0 cm³/mol. The third-order valence-electron chi connectivity index (χ3n) is 2.21. The Hall–Kier alpha value is -2.11. The monoisotopic (exact) mass is 225 g/mol. The Morgan fingerprint density at radius 2 is 2.06 bits per heavy atom. The van der Waals surface area contributed by atoms with Crippen LogP contribution in [-0.2, 0) is 0 Å². The molecule has 1 heterocycles. The summed E-state index contributed by atoms with van der Waals surface area (Å²) in [6.07, 6.45) is 1.24. The fourth-order valence-corrected chi connectivity index (χ4v) is 1.55. The molecule has 0 saturated heterocycles. The molecule has 0 aliphatic carbocycles. The summed E-state index contributed by atoms with van der Waals surface area (Å²) in [6.45, 7) is 0.113. The molecule has 0 bridgehead atoms. The third kappa shape index (κ3) is 1.48. The molecule has 0 radical (unpaired) electrons. The second-order valence-electron chi connectivity index (χ2n) is 3.01. The van der Waals surface area contributed by atoms with Crippen LogP contribution >= 0.6 is 0 Å². The maximum Gasteiger partial charge on any atom is 0.231 e. The van der Waals surface area contributed by atoms with Gasteiger partial charge in [-0.15, -0.1) is 0 Å². The van der Waals surface area contributed by atoms with Crippen LogP contribution < -0.4 is 18.9 Å². The summed E-state index contributed by atoms with van der Waals surface area (Å²) < 4.78 is 20.9. The summed E-state index contributed by atoms with van der Waals surface area (Å²) in [5.41, 5.74) is 0.547. The molecule has 6 nitrogen and oxygen atoms in total. The van der Waals surface area contributed by atoms with Gasteiger partial charge in [0.05, 0.1) is 20.4 Å². The van der Waals surface area contributed by atoms with Crippen LogP contribution in [-0.4, -0.2) is 32.4 Å². The summed E-state index contributed by atoms with van der Waals surface area (Å²) in [5, 5.41) is 11.5. The average molecular weight is 225 g/mol. The highest BCUT2D eigenvalue weighted by Gasteiger charge is 2.26. The van der Waals surface area contributed by atoms with Crippen molar-refractivity contribution in [3.63, 3.8) is 0 Å². The Kier molecular flexibility index (Phi) is 2.72.